The van der Waals surface area contributed by atoms with Crippen LogP contribution in [0.2, 0.25) is 0 Å². The molecule has 1 amide bonds. The molecule has 2 heterocycles. The first-order valence-electron chi connectivity index (χ1n) is 10.6. The first-order valence-corrected chi connectivity index (χ1v) is 10.6. The molecular formula is C24H31ClN2O3. The van der Waals surface area contributed by atoms with E-state index in [9.17, 15) is 9.90 Å². The summed E-state index contributed by atoms with van der Waals surface area (Å²) in [4.78, 5) is 12.3. The second-order valence-corrected chi connectivity index (χ2v) is 8.35. The average molecular weight is 431 g/mol. The number of carbonyl (C=O) groups is 1. The molecule has 162 valence electrons. The molecular weight excluding hydrogens is 400 g/mol. The zero-order valence-electron chi connectivity index (χ0n) is 17.1. The molecule has 0 aliphatic carbocycles. The maximum Gasteiger partial charge on any atom is 0.220 e. The Bertz CT molecular complexity index is 805. The lowest BCUT2D eigenvalue weighted by atomic mass is 9.89. The lowest BCUT2D eigenvalue weighted by molar-refractivity contribution is -0.122. The quantitative estimate of drug-likeness (QED) is 0.596. The molecule has 4 rings (SSSR count). The zero-order valence-corrected chi connectivity index (χ0v) is 17.9. The highest BCUT2D eigenvalue weighted by atomic mass is 35.5. The van der Waals surface area contributed by atoms with E-state index < -0.39 is 6.10 Å². The number of piperidine rings is 1. The van der Waals surface area contributed by atoms with Crippen LogP contribution in [0.3, 0.4) is 0 Å². The smallest absolute Gasteiger partial charge is 0.220 e. The third-order valence-electron chi connectivity index (χ3n) is 6.03. The van der Waals surface area contributed by atoms with Gasteiger partial charge >= 0.3 is 0 Å². The summed E-state index contributed by atoms with van der Waals surface area (Å²) in [6.07, 6.45) is 4.47. The van der Waals surface area contributed by atoms with E-state index in [2.05, 4.69) is 10.6 Å². The minimum atomic E-state index is -0.747. The molecule has 3 atom stereocenters. The van der Waals surface area contributed by atoms with Gasteiger partial charge in [0.25, 0.3) is 0 Å². The van der Waals surface area contributed by atoms with Crippen LogP contribution in [0, 0.1) is 5.92 Å². The predicted octanol–water partition coefficient (Wildman–Crippen LogP) is 3.76. The van der Waals surface area contributed by atoms with Gasteiger partial charge in [-0.05, 0) is 54.9 Å². The Balaban J connectivity index is 0.00000256. The summed E-state index contributed by atoms with van der Waals surface area (Å²) >= 11 is 0. The predicted molar refractivity (Wildman–Crippen MR) is 120 cm³/mol. The van der Waals surface area contributed by atoms with Gasteiger partial charge in [-0.2, -0.15) is 0 Å². The molecule has 30 heavy (non-hydrogen) atoms. The van der Waals surface area contributed by atoms with Crippen LogP contribution in [0.4, 0.5) is 0 Å². The molecule has 3 N–H and O–H groups in total. The highest BCUT2D eigenvalue weighted by Gasteiger charge is 2.34. The van der Waals surface area contributed by atoms with Crippen molar-refractivity contribution < 1.29 is 14.6 Å². The molecule has 2 fully saturated rings. The number of fused-ring (bicyclic) bond motifs is 2. The van der Waals surface area contributed by atoms with Gasteiger partial charge in [0.05, 0.1) is 6.10 Å². The lowest BCUT2D eigenvalue weighted by Gasteiger charge is -2.28. The number of hydrogen-bond acceptors (Lipinski definition) is 4. The Hall–Kier alpha value is -2.08. The molecule has 2 aliphatic heterocycles. The van der Waals surface area contributed by atoms with Crippen molar-refractivity contribution in [1.29, 1.82) is 0 Å². The molecule has 2 aliphatic rings. The number of halogens is 1. The zero-order chi connectivity index (χ0) is 20.1. The molecule has 5 nitrogen and oxygen atoms in total. The number of aliphatic hydroxyl groups excluding tert-OH is 1. The van der Waals surface area contributed by atoms with Gasteiger partial charge in [-0.3, -0.25) is 4.79 Å². The first kappa shape index (κ1) is 22.6. The number of aliphatic hydroxyl groups is 1. The van der Waals surface area contributed by atoms with Gasteiger partial charge < -0.3 is 20.5 Å². The van der Waals surface area contributed by atoms with Gasteiger partial charge in [-0.25, -0.2) is 0 Å². The average Bonchev–Trinajstić information content (AvgIpc) is 3.09. The summed E-state index contributed by atoms with van der Waals surface area (Å²) in [7, 11) is 0. The van der Waals surface area contributed by atoms with Gasteiger partial charge in [-0.1, -0.05) is 42.5 Å². The summed E-state index contributed by atoms with van der Waals surface area (Å²) in [6, 6.07) is 18.6. The van der Waals surface area contributed by atoms with Gasteiger partial charge in [-0.15, -0.1) is 12.4 Å². The van der Waals surface area contributed by atoms with E-state index in [4.69, 9.17) is 4.74 Å². The normalized spacial score (nSPS) is 23.3. The van der Waals surface area contributed by atoms with E-state index >= 15 is 0 Å². The van der Waals surface area contributed by atoms with Crippen molar-refractivity contribution in [2.45, 2.75) is 56.9 Å². The maximum absolute atomic E-state index is 12.3. The van der Waals surface area contributed by atoms with E-state index in [1.165, 1.54) is 12.8 Å². The summed E-state index contributed by atoms with van der Waals surface area (Å²) in [5, 5.41) is 17.0. The van der Waals surface area contributed by atoms with Crippen LogP contribution >= 0.6 is 12.4 Å². The van der Waals surface area contributed by atoms with Crippen LogP contribution in [0.1, 0.15) is 49.3 Å². The summed E-state index contributed by atoms with van der Waals surface area (Å²) < 4.78 is 5.83. The van der Waals surface area contributed by atoms with Gasteiger partial charge in [0.15, 0.2) is 0 Å². The van der Waals surface area contributed by atoms with E-state index in [1.54, 1.807) is 0 Å². The van der Waals surface area contributed by atoms with E-state index in [1.807, 2.05) is 54.6 Å². The SMILES string of the molecule is Cl.O=C(CC1CC2CCC(C1)N2)NCC(O)c1cccc(OCc2ccccc2)c1. The summed E-state index contributed by atoms with van der Waals surface area (Å²) in [5.74, 6) is 1.20. The fourth-order valence-corrected chi connectivity index (χ4v) is 4.56. The highest BCUT2D eigenvalue weighted by molar-refractivity contribution is 5.85. The monoisotopic (exact) mass is 430 g/mol. The molecule has 2 saturated heterocycles. The van der Waals surface area contributed by atoms with E-state index in [0.29, 0.717) is 36.8 Å². The number of nitrogens with one attached hydrogen (secondary N) is 2. The van der Waals surface area contributed by atoms with Crippen LogP contribution in [0.25, 0.3) is 0 Å². The molecule has 6 heteroatoms. The highest BCUT2D eigenvalue weighted by Crippen LogP contribution is 2.32. The number of carbonyl (C=O) groups excluding carboxylic acids is 1. The van der Waals surface area contributed by atoms with Crippen LogP contribution in [0.5, 0.6) is 5.75 Å². The van der Waals surface area contributed by atoms with Crippen molar-refractivity contribution in [2.75, 3.05) is 6.54 Å². The van der Waals surface area contributed by atoms with Crippen molar-refractivity contribution in [3.63, 3.8) is 0 Å². The van der Waals surface area contributed by atoms with Gasteiger partial charge in [0.1, 0.15) is 12.4 Å². The minimum absolute atomic E-state index is 0. The number of hydrogen-bond donors (Lipinski definition) is 3. The molecule has 0 saturated carbocycles. The fraction of sp³-hybridized carbons (Fsp3) is 0.458. The Morgan fingerprint density at radius 1 is 1.10 bits per heavy atom. The van der Waals surface area contributed by atoms with Crippen LogP contribution in [-0.2, 0) is 11.4 Å². The number of ether oxygens (including phenoxy) is 1. The van der Waals surface area contributed by atoms with Crippen LogP contribution < -0.4 is 15.4 Å². The lowest BCUT2D eigenvalue weighted by Crippen LogP contribution is -2.40. The molecule has 0 radical (unpaired) electrons. The minimum Gasteiger partial charge on any atom is -0.489 e. The van der Waals surface area contributed by atoms with Crippen molar-refractivity contribution >= 4 is 18.3 Å². The maximum atomic E-state index is 12.3. The Morgan fingerprint density at radius 2 is 1.83 bits per heavy atom. The topological polar surface area (TPSA) is 70.6 Å². The Morgan fingerprint density at radius 3 is 2.57 bits per heavy atom. The molecule has 2 bridgehead atoms. The molecule has 0 aromatic heterocycles. The molecule has 2 aromatic carbocycles. The van der Waals surface area contributed by atoms with E-state index in [-0.39, 0.29) is 24.9 Å². The Labute approximate surface area is 184 Å². The van der Waals surface area contributed by atoms with Crippen molar-refractivity contribution in [3.8, 4) is 5.75 Å². The largest absolute Gasteiger partial charge is 0.489 e. The first-order chi connectivity index (χ1) is 14.2. The second kappa shape index (κ2) is 10.8. The van der Waals surface area contributed by atoms with Crippen molar-refractivity contribution in [1.82, 2.24) is 10.6 Å². The number of benzene rings is 2. The van der Waals surface area contributed by atoms with Gasteiger partial charge in [0, 0.05) is 25.0 Å². The van der Waals surface area contributed by atoms with Crippen LogP contribution in [-0.4, -0.2) is 29.6 Å². The standard InChI is InChI=1S/C24H30N2O3.ClH/c27-23(15-25-24(28)13-18-11-20-9-10-21(12-18)26-20)19-7-4-8-22(14-19)29-16-17-5-2-1-3-6-17;/h1-8,14,18,20-21,23,26-27H,9-13,15-16H2,(H,25,28);1H. The summed E-state index contributed by atoms with van der Waals surface area (Å²) in [5.41, 5.74) is 1.84. The third kappa shape index (κ3) is 6.21. The molecule has 2 aromatic rings. The second-order valence-electron chi connectivity index (χ2n) is 8.35. The molecule has 0 spiro atoms. The van der Waals surface area contributed by atoms with Crippen molar-refractivity contribution in [2.24, 2.45) is 5.92 Å². The number of rotatable bonds is 8. The van der Waals surface area contributed by atoms with Gasteiger partial charge in [0.2, 0.25) is 5.91 Å². The summed E-state index contributed by atoms with van der Waals surface area (Å²) in [6.45, 7) is 0.703. The van der Waals surface area contributed by atoms with E-state index in [0.717, 1.165) is 24.0 Å². The number of amides is 1. The van der Waals surface area contributed by atoms with Crippen LogP contribution in [0.15, 0.2) is 54.6 Å². The third-order valence-corrected chi connectivity index (χ3v) is 6.03. The van der Waals surface area contributed by atoms with Crippen molar-refractivity contribution in [3.05, 3.63) is 65.7 Å². The fourth-order valence-electron chi connectivity index (χ4n) is 4.56. The molecule has 3 unspecified atom stereocenters. The Kier molecular flexibility index (Phi) is 8.14.